The largest absolute Gasteiger partial charge is 0.469 e. The molecule has 0 spiro atoms. The summed E-state index contributed by atoms with van der Waals surface area (Å²) in [5.74, 6) is -3.02. The summed E-state index contributed by atoms with van der Waals surface area (Å²) in [7, 11) is 1.34. The molecule has 2 atom stereocenters. The highest BCUT2D eigenvalue weighted by atomic mass is 19.3. The number of hydrogen-bond donors (Lipinski definition) is 0. The van der Waals surface area contributed by atoms with Crippen molar-refractivity contribution in [2.75, 3.05) is 7.11 Å². The predicted molar refractivity (Wildman–Crippen MR) is 52.7 cm³/mol. The maximum atomic E-state index is 12.9. The highest BCUT2D eigenvalue weighted by Gasteiger charge is 2.40. The molecular weight excluding hydrogens is 202 g/mol. The smallest absolute Gasteiger partial charge is 0.308 e. The number of esters is 1. The molecule has 0 bridgehead atoms. The van der Waals surface area contributed by atoms with Crippen LogP contribution in [0.5, 0.6) is 0 Å². The third kappa shape index (κ3) is 3.43. The van der Waals surface area contributed by atoms with Crippen molar-refractivity contribution in [1.29, 1.82) is 0 Å². The van der Waals surface area contributed by atoms with Gasteiger partial charge in [0.05, 0.1) is 13.0 Å². The lowest BCUT2D eigenvalue weighted by molar-refractivity contribution is -0.146. The van der Waals surface area contributed by atoms with E-state index in [0.29, 0.717) is 19.3 Å². The first-order chi connectivity index (χ1) is 6.98. The molecule has 0 aromatic carbocycles. The van der Waals surface area contributed by atoms with E-state index in [4.69, 9.17) is 0 Å². The molecule has 0 unspecified atom stereocenters. The minimum atomic E-state index is -2.51. The van der Waals surface area contributed by atoms with Gasteiger partial charge in [-0.2, -0.15) is 0 Å². The monoisotopic (exact) mass is 220 g/mol. The summed E-state index contributed by atoms with van der Waals surface area (Å²) in [5, 5.41) is 0. The van der Waals surface area contributed by atoms with E-state index in [1.54, 1.807) is 0 Å². The van der Waals surface area contributed by atoms with Gasteiger partial charge in [-0.1, -0.05) is 6.92 Å². The van der Waals surface area contributed by atoms with Crippen LogP contribution >= 0.6 is 0 Å². The van der Waals surface area contributed by atoms with Gasteiger partial charge >= 0.3 is 5.97 Å². The first kappa shape index (κ1) is 12.4. The Hall–Kier alpha value is -0.670. The van der Waals surface area contributed by atoms with E-state index in [-0.39, 0.29) is 30.6 Å². The molecule has 1 saturated carbocycles. The van der Waals surface area contributed by atoms with Gasteiger partial charge in [-0.25, -0.2) is 8.78 Å². The fourth-order valence-corrected chi connectivity index (χ4v) is 2.24. The molecule has 0 radical (unpaired) electrons. The summed E-state index contributed by atoms with van der Waals surface area (Å²) in [6, 6.07) is 0. The molecule has 88 valence electrons. The Bertz CT molecular complexity index is 229. The van der Waals surface area contributed by atoms with Crippen LogP contribution in [0.3, 0.4) is 0 Å². The maximum absolute atomic E-state index is 12.9. The quantitative estimate of drug-likeness (QED) is 0.681. The number of hydrogen-bond acceptors (Lipinski definition) is 2. The zero-order chi connectivity index (χ0) is 11.5. The van der Waals surface area contributed by atoms with Gasteiger partial charge in [0.25, 0.3) is 0 Å². The van der Waals surface area contributed by atoms with E-state index in [0.717, 1.165) is 0 Å². The van der Waals surface area contributed by atoms with E-state index in [1.165, 1.54) is 7.11 Å². The number of alkyl halides is 2. The molecule has 0 saturated heterocycles. The molecular formula is C11H18F2O2. The molecule has 0 aromatic heterocycles. The summed E-state index contributed by atoms with van der Waals surface area (Å²) >= 11 is 0. The molecule has 1 aliphatic rings. The van der Waals surface area contributed by atoms with Crippen LogP contribution in [0, 0.1) is 11.8 Å². The first-order valence-electron chi connectivity index (χ1n) is 5.44. The van der Waals surface area contributed by atoms with Gasteiger partial charge in [-0.05, 0) is 25.2 Å². The van der Waals surface area contributed by atoms with Crippen LogP contribution in [0.25, 0.3) is 0 Å². The lowest BCUT2D eigenvalue weighted by atomic mass is 9.91. The summed E-state index contributed by atoms with van der Waals surface area (Å²) in [4.78, 5) is 11.3. The Morgan fingerprint density at radius 3 is 2.67 bits per heavy atom. The zero-order valence-electron chi connectivity index (χ0n) is 9.26. The predicted octanol–water partition coefficient (Wildman–Crippen LogP) is 3.01. The van der Waals surface area contributed by atoms with Crippen LogP contribution in [0.1, 0.15) is 39.0 Å². The van der Waals surface area contributed by atoms with Gasteiger partial charge in [-0.15, -0.1) is 0 Å². The second kappa shape index (κ2) is 4.90. The minimum absolute atomic E-state index is 0.0240. The Labute approximate surface area is 89.0 Å². The fraction of sp³-hybridized carbons (Fsp3) is 0.909. The standard InChI is InChI=1S/C11H18F2O2/c1-3-9(10(14)15-2)6-8-4-5-11(12,13)7-8/h8-9H,3-7H2,1-2H3/t8-,9-/m0/s1. The van der Waals surface area contributed by atoms with Gasteiger partial charge in [-0.3, -0.25) is 4.79 Å². The zero-order valence-corrected chi connectivity index (χ0v) is 9.26. The van der Waals surface area contributed by atoms with Crippen LogP contribution in [0.4, 0.5) is 8.78 Å². The van der Waals surface area contributed by atoms with Crippen LogP contribution in [0.2, 0.25) is 0 Å². The second-order valence-corrected chi connectivity index (χ2v) is 4.33. The number of rotatable bonds is 4. The molecule has 1 rings (SSSR count). The van der Waals surface area contributed by atoms with Crippen molar-refractivity contribution in [3.05, 3.63) is 0 Å². The minimum Gasteiger partial charge on any atom is -0.469 e. The highest BCUT2D eigenvalue weighted by molar-refractivity contribution is 5.72. The fourth-order valence-electron chi connectivity index (χ4n) is 2.24. The van der Waals surface area contributed by atoms with Crippen LogP contribution in [-0.4, -0.2) is 19.0 Å². The SMILES string of the molecule is CC[C@@H](C[C@@H]1CCC(F)(F)C1)C(=O)OC. The molecule has 1 fully saturated rings. The third-order valence-corrected chi connectivity index (χ3v) is 3.15. The van der Waals surface area contributed by atoms with Gasteiger partial charge in [0.15, 0.2) is 0 Å². The van der Waals surface area contributed by atoms with E-state index in [2.05, 4.69) is 4.74 Å². The molecule has 1 aliphatic carbocycles. The molecule has 0 amide bonds. The highest BCUT2D eigenvalue weighted by Crippen LogP contribution is 2.41. The number of methoxy groups -OCH3 is 1. The molecule has 15 heavy (non-hydrogen) atoms. The third-order valence-electron chi connectivity index (χ3n) is 3.15. The Morgan fingerprint density at radius 2 is 2.27 bits per heavy atom. The molecule has 0 heterocycles. The number of halogens is 2. The van der Waals surface area contributed by atoms with Crippen molar-refractivity contribution in [2.24, 2.45) is 11.8 Å². The van der Waals surface area contributed by atoms with Gasteiger partial charge in [0, 0.05) is 12.8 Å². The van der Waals surface area contributed by atoms with E-state index in [1.807, 2.05) is 6.92 Å². The molecule has 4 heteroatoms. The number of carbonyl (C=O) groups excluding carboxylic acids is 1. The van der Waals surface area contributed by atoms with Gasteiger partial charge < -0.3 is 4.74 Å². The lowest BCUT2D eigenvalue weighted by Crippen LogP contribution is -2.19. The van der Waals surface area contributed by atoms with E-state index in [9.17, 15) is 13.6 Å². The van der Waals surface area contributed by atoms with Crippen molar-refractivity contribution in [2.45, 2.75) is 45.0 Å². The summed E-state index contributed by atoms with van der Waals surface area (Å²) < 4.78 is 30.5. The van der Waals surface area contributed by atoms with Crippen molar-refractivity contribution in [3.8, 4) is 0 Å². The number of ether oxygens (including phenoxy) is 1. The second-order valence-electron chi connectivity index (χ2n) is 4.33. The van der Waals surface area contributed by atoms with Crippen molar-refractivity contribution in [1.82, 2.24) is 0 Å². The topological polar surface area (TPSA) is 26.3 Å². The average Bonchev–Trinajstić information content (AvgIpc) is 2.53. The normalized spacial score (nSPS) is 26.3. The van der Waals surface area contributed by atoms with Crippen LogP contribution in [-0.2, 0) is 9.53 Å². The van der Waals surface area contributed by atoms with Crippen molar-refractivity contribution < 1.29 is 18.3 Å². The van der Waals surface area contributed by atoms with Crippen molar-refractivity contribution >= 4 is 5.97 Å². The Morgan fingerprint density at radius 1 is 1.60 bits per heavy atom. The number of carbonyl (C=O) groups is 1. The molecule has 2 nitrogen and oxygen atoms in total. The molecule has 0 aromatic rings. The Balaban J connectivity index is 2.43. The summed E-state index contributed by atoms with van der Waals surface area (Å²) in [6.45, 7) is 1.88. The first-order valence-corrected chi connectivity index (χ1v) is 5.44. The van der Waals surface area contributed by atoms with E-state index < -0.39 is 5.92 Å². The summed E-state index contributed by atoms with van der Waals surface area (Å²) in [5.41, 5.74) is 0. The van der Waals surface area contributed by atoms with Gasteiger partial charge in [0.1, 0.15) is 0 Å². The van der Waals surface area contributed by atoms with Crippen LogP contribution in [0.15, 0.2) is 0 Å². The molecule has 0 aliphatic heterocycles. The molecule has 0 N–H and O–H groups in total. The Kier molecular flexibility index (Phi) is 4.05. The lowest BCUT2D eigenvalue weighted by Gasteiger charge is -2.16. The maximum Gasteiger partial charge on any atom is 0.308 e. The average molecular weight is 220 g/mol. The van der Waals surface area contributed by atoms with Gasteiger partial charge in [0.2, 0.25) is 5.92 Å². The van der Waals surface area contributed by atoms with Crippen molar-refractivity contribution in [3.63, 3.8) is 0 Å². The summed E-state index contributed by atoms with van der Waals surface area (Å²) in [6.07, 6.45) is 1.63. The van der Waals surface area contributed by atoms with E-state index >= 15 is 0 Å². The van der Waals surface area contributed by atoms with Crippen LogP contribution < -0.4 is 0 Å².